The van der Waals surface area contributed by atoms with Gasteiger partial charge in [0.2, 0.25) is 0 Å². The molecule has 1 aromatic carbocycles. The number of hydrogen-bond acceptors (Lipinski definition) is 2. The standard InChI is InChI=1S/C18H27ClFN3O/c1-13(2)8-9-21-18(24)22-12-16(23-10-3-4-11-23)17-14(19)6-5-7-15(17)20/h5-7,13,16H,3-4,8-12H2,1-2H3,(H2,21,22,24). The molecule has 0 spiro atoms. The van der Waals surface area contributed by atoms with Crippen LogP contribution in [0.5, 0.6) is 0 Å². The van der Waals surface area contributed by atoms with E-state index in [1.54, 1.807) is 12.1 Å². The molecular formula is C18H27ClFN3O. The Labute approximate surface area is 148 Å². The van der Waals surface area contributed by atoms with Gasteiger partial charge in [0.1, 0.15) is 5.82 Å². The first-order chi connectivity index (χ1) is 11.5. The van der Waals surface area contributed by atoms with Crippen LogP contribution in [0.2, 0.25) is 5.02 Å². The summed E-state index contributed by atoms with van der Waals surface area (Å²) in [5.74, 6) is 0.223. The normalized spacial score (nSPS) is 16.4. The van der Waals surface area contributed by atoms with E-state index in [-0.39, 0.29) is 17.9 Å². The highest BCUT2D eigenvalue weighted by molar-refractivity contribution is 6.31. The molecule has 134 valence electrons. The molecule has 0 aliphatic carbocycles. The number of benzene rings is 1. The molecule has 2 amide bonds. The molecule has 24 heavy (non-hydrogen) atoms. The van der Waals surface area contributed by atoms with Gasteiger partial charge < -0.3 is 10.6 Å². The van der Waals surface area contributed by atoms with Crippen LogP contribution in [0.15, 0.2) is 18.2 Å². The van der Waals surface area contributed by atoms with Crippen molar-refractivity contribution in [1.82, 2.24) is 15.5 Å². The summed E-state index contributed by atoms with van der Waals surface area (Å²) >= 11 is 6.24. The lowest BCUT2D eigenvalue weighted by Crippen LogP contribution is -2.42. The molecule has 0 radical (unpaired) electrons. The molecule has 1 aliphatic heterocycles. The number of rotatable bonds is 7. The van der Waals surface area contributed by atoms with Gasteiger partial charge >= 0.3 is 6.03 Å². The molecule has 1 fully saturated rings. The Morgan fingerprint density at radius 2 is 2.00 bits per heavy atom. The van der Waals surface area contributed by atoms with Gasteiger partial charge in [0.05, 0.1) is 6.04 Å². The van der Waals surface area contributed by atoms with Gasteiger partial charge in [0.15, 0.2) is 0 Å². The average Bonchev–Trinajstić information content (AvgIpc) is 3.03. The third kappa shape index (κ3) is 5.35. The van der Waals surface area contributed by atoms with Gasteiger partial charge in [-0.3, -0.25) is 4.90 Å². The van der Waals surface area contributed by atoms with E-state index in [9.17, 15) is 9.18 Å². The van der Waals surface area contributed by atoms with E-state index < -0.39 is 0 Å². The maximum atomic E-state index is 14.3. The van der Waals surface area contributed by atoms with Gasteiger partial charge in [-0.25, -0.2) is 9.18 Å². The van der Waals surface area contributed by atoms with E-state index >= 15 is 0 Å². The number of carbonyl (C=O) groups excluding carboxylic acids is 1. The third-order valence-electron chi connectivity index (χ3n) is 4.38. The number of hydrogen-bond donors (Lipinski definition) is 2. The molecule has 1 unspecified atom stereocenters. The van der Waals surface area contributed by atoms with Crippen molar-refractivity contribution in [3.63, 3.8) is 0 Å². The Balaban J connectivity index is 2.01. The molecule has 2 rings (SSSR count). The summed E-state index contributed by atoms with van der Waals surface area (Å²) in [6.07, 6.45) is 3.11. The van der Waals surface area contributed by atoms with Crippen molar-refractivity contribution in [2.45, 2.75) is 39.2 Å². The van der Waals surface area contributed by atoms with Gasteiger partial charge in [-0.1, -0.05) is 31.5 Å². The van der Waals surface area contributed by atoms with E-state index in [4.69, 9.17) is 11.6 Å². The van der Waals surface area contributed by atoms with Gasteiger partial charge in [-0.15, -0.1) is 0 Å². The van der Waals surface area contributed by atoms with Crippen molar-refractivity contribution in [3.8, 4) is 0 Å². The smallest absolute Gasteiger partial charge is 0.314 e. The number of nitrogens with zero attached hydrogens (tertiary/aromatic N) is 1. The summed E-state index contributed by atoms with van der Waals surface area (Å²) < 4.78 is 14.3. The van der Waals surface area contributed by atoms with Crippen molar-refractivity contribution in [1.29, 1.82) is 0 Å². The highest BCUT2D eigenvalue weighted by atomic mass is 35.5. The predicted octanol–water partition coefficient (Wildman–Crippen LogP) is 3.96. The van der Waals surface area contributed by atoms with Crippen molar-refractivity contribution in [2.75, 3.05) is 26.2 Å². The molecule has 2 N–H and O–H groups in total. The summed E-state index contributed by atoms with van der Waals surface area (Å²) in [7, 11) is 0. The molecule has 1 aliphatic rings. The predicted molar refractivity (Wildman–Crippen MR) is 95.8 cm³/mol. The first kappa shape index (κ1) is 19.0. The minimum absolute atomic E-state index is 0.215. The second-order valence-electron chi connectivity index (χ2n) is 6.71. The highest BCUT2D eigenvalue weighted by Gasteiger charge is 2.28. The molecule has 4 nitrogen and oxygen atoms in total. The third-order valence-corrected chi connectivity index (χ3v) is 4.71. The number of carbonyl (C=O) groups is 1. The Bertz CT molecular complexity index is 527. The van der Waals surface area contributed by atoms with Crippen molar-refractivity contribution < 1.29 is 9.18 Å². The van der Waals surface area contributed by atoms with Crippen LogP contribution in [0.25, 0.3) is 0 Å². The molecule has 1 atom stereocenters. The number of urea groups is 1. The largest absolute Gasteiger partial charge is 0.338 e. The second kappa shape index (κ2) is 9.23. The van der Waals surface area contributed by atoms with Gasteiger partial charge in [-0.2, -0.15) is 0 Å². The van der Waals surface area contributed by atoms with Gasteiger partial charge in [0, 0.05) is 23.7 Å². The molecule has 0 bridgehead atoms. The van der Waals surface area contributed by atoms with E-state index in [0.29, 0.717) is 29.6 Å². The Hall–Kier alpha value is -1.33. The molecule has 0 aromatic heterocycles. The molecule has 6 heteroatoms. The quantitative estimate of drug-likeness (QED) is 0.777. The highest BCUT2D eigenvalue weighted by Crippen LogP contribution is 2.31. The number of halogens is 2. The summed E-state index contributed by atoms with van der Waals surface area (Å²) in [6, 6.07) is 4.27. The molecule has 1 heterocycles. The Morgan fingerprint density at radius 1 is 1.29 bits per heavy atom. The molecular weight excluding hydrogens is 329 g/mol. The van der Waals surface area contributed by atoms with E-state index in [1.807, 2.05) is 0 Å². The fraction of sp³-hybridized carbons (Fsp3) is 0.611. The minimum atomic E-state index is -0.318. The van der Waals surface area contributed by atoms with Crippen LogP contribution in [0.3, 0.4) is 0 Å². The molecule has 0 saturated carbocycles. The van der Waals surface area contributed by atoms with Crippen LogP contribution in [-0.2, 0) is 0 Å². The lowest BCUT2D eigenvalue weighted by atomic mass is 10.0. The topological polar surface area (TPSA) is 44.4 Å². The van der Waals surface area contributed by atoms with E-state index in [1.165, 1.54) is 6.07 Å². The summed E-state index contributed by atoms with van der Waals surface area (Å²) in [5, 5.41) is 6.13. The molecule has 1 saturated heterocycles. The maximum absolute atomic E-state index is 14.3. The van der Waals surface area contributed by atoms with Gasteiger partial charge in [0.25, 0.3) is 0 Å². The van der Waals surface area contributed by atoms with Crippen LogP contribution in [0.4, 0.5) is 9.18 Å². The zero-order valence-electron chi connectivity index (χ0n) is 14.4. The van der Waals surface area contributed by atoms with Crippen LogP contribution in [-0.4, -0.2) is 37.1 Å². The van der Waals surface area contributed by atoms with Crippen LogP contribution in [0, 0.1) is 11.7 Å². The average molecular weight is 356 g/mol. The first-order valence-corrected chi connectivity index (χ1v) is 9.06. The first-order valence-electron chi connectivity index (χ1n) is 8.68. The summed E-state index contributed by atoms with van der Waals surface area (Å²) in [4.78, 5) is 14.2. The monoisotopic (exact) mass is 355 g/mol. The molecule has 1 aromatic rings. The SMILES string of the molecule is CC(C)CCNC(=O)NCC(c1c(F)cccc1Cl)N1CCCC1. The Kier molecular flexibility index (Phi) is 7.31. The van der Waals surface area contributed by atoms with Crippen molar-refractivity contribution in [2.24, 2.45) is 5.92 Å². The number of likely N-dealkylation sites (tertiary alicyclic amines) is 1. The lowest BCUT2D eigenvalue weighted by molar-refractivity contribution is 0.218. The van der Waals surface area contributed by atoms with E-state index in [2.05, 4.69) is 29.4 Å². The number of amides is 2. The lowest BCUT2D eigenvalue weighted by Gasteiger charge is -2.29. The Morgan fingerprint density at radius 3 is 2.62 bits per heavy atom. The minimum Gasteiger partial charge on any atom is -0.338 e. The van der Waals surface area contributed by atoms with Crippen LogP contribution in [0.1, 0.15) is 44.7 Å². The van der Waals surface area contributed by atoms with Crippen molar-refractivity contribution >= 4 is 17.6 Å². The zero-order valence-corrected chi connectivity index (χ0v) is 15.2. The maximum Gasteiger partial charge on any atom is 0.314 e. The fourth-order valence-electron chi connectivity index (χ4n) is 3.02. The number of nitrogens with one attached hydrogen (secondary N) is 2. The van der Waals surface area contributed by atoms with Crippen molar-refractivity contribution in [3.05, 3.63) is 34.6 Å². The van der Waals surface area contributed by atoms with Gasteiger partial charge in [-0.05, 0) is 50.4 Å². The van der Waals surface area contributed by atoms with E-state index in [0.717, 1.165) is 32.4 Å². The summed E-state index contributed by atoms with van der Waals surface area (Å²) in [6.45, 7) is 7.00. The van der Waals surface area contributed by atoms with Crippen LogP contribution >= 0.6 is 11.6 Å². The van der Waals surface area contributed by atoms with Crippen LogP contribution < -0.4 is 10.6 Å². The fourth-order valence-corrected chi connectivity index (χ4v) is 3.31. The second-order valence-corrected chi connectivity index (χ2v) is 7.12. The summed E-state index contributed by atoms with van der Waals surface area (Å²) in [5.41, 5.74) is 0.476. The zero-order chi connectivity index (χ0) is 17.5.